The predicted octanol–water partition coefficient (Wildman–Crippen LogP) is 1.77. The van der Waals surface area contributed by atoms with E-state index in [0.717, 1.165) is 18.5 Å². The average Bonchev–Trinajstić information content (AvgIpc) is 2.97. The number of imidazole rings is 1. The van der Waals surface area contributed by atoms with E-state index in [4.69, 9.17) is 5.26 Å². The van der Waals surface area contributed by atoms with Gasteiger partial charge in [-0.2, -0.15) is 5.26 Å². The van der Waals surface area contributed by atoms with Crippen LogP contribution in [0.25, 0.3) is 0 Å². The highest BCUT2D eigenvalue weighted by atomic mass is 16.1. The van der Waals surface area contributed by atoms with Gasteiger partial charge in [0.05, 0.1) is 18.8 Å². The maximum atomic E-state index is 12.1. The summed E-state index contributed by atoms with van der Waals surface area (Å²) in [5, 5.41) is 11.6. The third-order valence-electron chi connectivity index (χ3n) is 2.97. The average molecular weight is 268 g/mol. The molecular formula is C15H16N4O. The van der Waals surface area contributed by atoms with Crippen molar-refractivity contribution in [3.05, 3.63) is 54.1 Å². The van der Waals surface area contributed by atoms with Gasteiger partial charge in [0.25, 0.3) is 5.91 Å². The van der Waals surface area contributed by atoms with E-state index in [1.807, 2.05) is 22.9 Å². The standard InChI is InChI=1S/C15H16N4O/c16-7-6-13-4-1-2-5-14(13)15(20)18-8-3-10-19-11-9-17-12-19/h1-2,4-5,9,11-12H,3,6,8,10H2,(H,18,20). The van der Waals surface area contributed by atoms with Crippen LogP contribution in [0.15, 0.2) is 43.0 Å². The molecule has 2 rings (SSSR count). The van der Waals surface area contributed by atoms with Crippen LogP contribution in [-0.2, 0) is 13.0 Å². The minimum Gasteiger partial charge on any atom is -0.352 e. The van der Waals surface area contributed by atoms with Crippen molar-refractivity contribution in [2.24, 2.45) is 0 Å². The largest absolute Gasteiger partial charge is 0.352 e. The Kier molecular flexibility index (Phi) is 4.90. The number of hydrogen-bond donors (Lipinski definition) is 1. The molecule has 5 nitrogen and oxygen atoms in total. The van der Waals surface area contributed by atoms with Crippen molar-refractivity contribution < 1.29 is 4.79 Å². The maximum absolute atomic E-state index is 12.1. The van der Waals surface area contributed by atoms with Gasteiger partial charge in [0, 0.05) is 31.0 Å². The lowest BCUT2D eigenvalue weighted by molar-refractivity contribution is 0.0952. The lowest BCUT2D eigenvalue weighted by Gasteiger charge is -2.08. The van der Waals surface area contributed by atoms with E-state index >= 15 is 0 Å². The van der Waals surface area contributed by atoms with E-state index in [0.29, 0.717) is 12.1 Å². The molecule has 1 N–H and O–H groups in total. The van der Waals surface area contributed by atoms with Crippen molar-refractivity contribution in [2.75, 3.05) is 6.54 Å². The molecule has 0 bridgehead atoms. The van der Waals surface area contributed by atoms with Crippen molar-refractivity contribution in [3.8, 4) is 6.07 Å². The molecule has 20 heavy (non-hydrogen) atoms. The van der Waals surface area contributed by atoms with Gasteiger partial charge in [0.15, 0.2) is 0 Å². The Morgan fingerprint density at radius 3 is 3.00 bits per heavy atom. The molecule has 0 spiro atoms. The Balaban J connectivity index is 1.84. The summed E-state index contributed by atoms with van der Waals surface area (Å²) in [4.78, 5) is 16.0. The smallest absolute Gasteiger partial charge is 0.251 e. The number of benzene rings is 1. The quantitative estimate of drug-likeness (QED) is 0.812. The minimum absolute atomic E-state index is 0.124. The molecule has 0 saturated heterocycles. The SMILES string of the molecule is N#CCc1ccccc1C(=O)NCCCn1ccnc1. The number of nitriles is 1. The third kappa shape index (κ3) is 3.69. The van der Waals surface area contributed by atoms with E-state index in [1.165, 1.54) is 0 Å². The number of carbonyl (C=O) groups is 1. The zero-order chi connectivity index (χ0) is 14.2. The number of nitrogens with one attached hydrogen (secondary N) is 1. The summed E-state index contributed by atoms with van der Waals surface area (Å²) in [5.41, 5.74) is 1.35. The van der Waals surface area contributed by atoms with Gasteiger partial charge in [0.2, 0.25) is 0 Å². The number of nitrogens with zero attached hydrogens (tertiary/aromatic N) is 3. The summed E-state index contributed by atoms with van der Waals surface area (Å²) in [5.74, 6) is -0.124. The number of rotatable bonds is 6. The van der Waals surface area contributed by atoms with Crippen LogP contribution in [0.3, 0.4) is 0 Å². The van der Waals surface area contributed by atoms with Crippen molar-refractivity contribution >= 4 is 5.91 Å². The molecule has 1 aromatic heterocycles. The summed E-state index contributed by atoms with van der Waals surface area (Å²) in [6.07, 6.45) is 6.46. The molecule has 0 aliphatic carbocycles. The zero-order valence-electron chi connectivity index (χ0n) is 11.1. The summed E-state index contributed by atoms with van der Waals surface area (Å²) in [7, 11) is 0. The van der Waals surface area contributed by atoms with E-state index in [2.05, 4.69) is 16.4 Å². The molecule has 5 heteroatoms. The molecule has 0 aliphatic heterocycles. The fourth-order valence-electron chi connectivity index (χ4n) is 1.96. The van der Waals surface area contributed by atoms with Crippen LogP contribution in [0.4, 0.5) is 0 Å². The summed E-state index contributed by atoms with van der Waals surface area (Å²) < 4.78 is 1.97. The first-order valence-corrected chi connectivity index (χ1v) is 6.50. The van der Waals surface area contributed by atoms with Crippen LogP contribution in [0.5, 0.6) is 0 Å². The molecule has 0 atom stereocenters. The number of aryl methyl sites for hydroxylation is 1. The number of aromatic nitrogens is 2. The van der Waals surface area contributed by atoms with Gasteiger partial charge >= 0.3 is 0 Å². The van der Waals surface area contributed by atoms with Crippen molar-refractivity contribution in [2.45, 2.75) is 19.4 Å². The molecule has 1 heterocycles. The summed E-state index contributed by atoms with van der Waals surface area (Å²) in [6.45, 7) is 1.41. The minimum atomic E-state index is -0.124. The maximum Gasteiger partial charge on any atom is 0.251 e. The molecule has 0 saturated carbocycles. The fraction of sp³-hybridized carbons (Fsp3) is 0.267. The molecule has 0 fully saturated rings. The monoisotopic (exact) mass is 268 g/mol. The van der Waals surface area contributed by atoms with Gasteiger partial charge in [0.1, 0.15) is 0 Å². The van der Waals surface area contributed by atoms with Gasteiger partial charge < -0.3 is 9.88 Å². The van der Waals surface area contributed by atoms with Crippen molar-refractivity contribution in [1.82, 2.24) is 14.9 Å². The molecule has 1 amide bonds. The summed E-state index contributed by atoms with van der Waals surface area (Å²) >= 11 is 0. The van der Waals surface area contributed by atoms with E-state index in [9.17, 15) is 4.79 Å². The highest BCUT2D eigenvalue weighted by Gasteiger charge is 2.09. The first-order valence-electron chi connectivity index (χ1n) is 6.50. The fourth-order valence-corrected chi connectivity index (χ4v) is 1.96. The van der Waals surface area contributed by atoms with Gasteiger partial charge in [-0.25, -0.2) is 4.98 Å². The Morgan fingerprint density at radius 1 is 1.40 bits per heavy atom. The second-order valence-corrected chi connectivity index (χ2v) is 4.40. The van der Waals surface area contributed by atoms with Crippen LogP contribution in [-0.4, -0.2) is 22.0 Å². The van der Waals surface area contributed by atoms with Crippen LogP contribution >= 0.6 is 0 Å². The third-order valence-corrected chi connectivity index (χ3v) is 2.97. The van der Waals surface area contributed by atoms with Crippen molar-refractivity contribution in [1.29, 1.82) is 5.26 Å². The van der Waals surface area contributed by atoms with Gasteiger partial charge in [-0.15, -0.1) is 0 Å². The van der Waals surface area contributed by atoms with E-state index in [-0.39, 0.29) is 12.3 Å². The second kappa shape index (κ2) is 7.10. The molecular weight excluding hydrogens is 252 g/mol. The highest BCUT2D eigenvalue weighted by Crippen LogP contribution is 2.09. The van der Waals surface area contributed by atoms with Gasteiger partial charge in [-0.1, -0.05) is 18.2 Å². The molecule has 2 aromatic rings. The van der Waals surface area contributed by atoms with Crippen molar-refractivity contribution in [3.63, 3.8) is 0 Å². The summed E-state index contributed by atoms with van der Waals surface area (Å²) in [6, 6.07) is 9.27. The normalized spacial score (nSPS) is 9.95. The van der Waals surface area contributed by atoms with E-state index < -0.39 is 0 Å². The number of carbonyl (C=O) groups excluding carboxylic acids is 1. The molecule has 0 unspecified atom stereocenters. The van der Waals surface area contributed by atoms with Crippen LogP contribution < -0.4 is 5.32 Å². The second-order valence-electron chi connectivity index (χ2n) is 4.40. The van der Waals surface area contributed by atoms with Gasteiger partial charge in [-0.3, -0.25) is 4.79 Å². The Morgan fingerprint density at radius 2 is 2.25 bits per heavy atom. The molecule has 102 valence electrons. The Bertz CT molecular complexity index is 599. The highest BCUT2D eigenvalue weighted by molar-refractivity contribution is 5.95. The van der Waals surface area contributed by atoms with Crippen LogP contribution in [0, 0.1) is 11.3 Å². The molecule has 0 aliphatic rings. The lowest BCUT2D eigenvalue weighted by atomic mass is 10.0. The van der Waals surface area contributed by atoms with Crippen LogP contribution in [0.2, 0.25) is 0 Å². The topological polar surface area (TPSA) is 70.7 Å². The zero-order valence-corrected chi connectivity index (χ0v) is 11.1. The van der Waals surface area contributed by atoms with E-state index in [1.54, 1.807) is 24.7 Å². The predicted molar refractivity (Wildman–Crippen MR) is 74.9 cm³/mol. The first-order chi connectivity index (χ1) is 9.81. The van der Waals surface area contributed by atoms with Crippen LogP contribution in [0.1, 0.15) is 22.3 Å². The number of amides is 1. The Labute approximate surface area is 117 Å². The lowest BCUT2D eigenvalue weighted by Crippen LogP contribution is -2.26. The Hall–Kier alpha value is -2.61. The number of hydrogen-bond acceptors (Lipinski definition) is 3. The first kappa shape index (κ1) is 13.8. The molecule has 1 aromatic carbocycles. The van der Waals surface area contributed by atoms with Gasteiger partial charge in [-0.05, 0) is 18.1 Å². The molecule has 0 radical (unpaired) electrons.